The van der Waals surface area contributed by atoms with E-state index >= 15 is 0 Å². The van der Waals surface area contributed by atoms with Crippen molar-refractivity contribution in [2.24, 2.45) is 0 Å². The summed E-state index contributed by atoms with van der Waals surface area (Å²) in [5.41, 5.74) is -0.767. The summed E-state index contributed by atoms with van der Waals surface area (Å²) in [6.45, 7) is 6.51. The molecule has 0 aromatic heterocycles. The highest BCUT2D eigenvalue weighted by Gasteiger charge is 2.45. The summed E-state index contributed by atoms with van der Waals surface area (Å²) in [5.74, 6) is -0.0731. The highest BCUT2D eigenvalue weighted by molar-refractivity contribution is 5.99. The van der Waals surface area contributed by atoms with E-state index in [1.54, 1.807) is 18.9 Å². The molecule has 0 aromatic carbocycles. The molecule has 1 saturated heterocycles. The zero-order valence-electron chi connectivity index (χ0n) is 11.1. The molecule has 1 aliphatic rings. The number of nitrogens with one attached hydrogen (secondary N) is 1. The fraction of sp³-hybridized carbons (Fsp3) is 0.833. The van der Waals surface area contributed by atoms with Gasteiger partial charge in [-0.15, -0.1) is 0 Å². The molecule has 0 bridgehead atoms. The SMILES string of the molecule is CCC1C(=O)NC(C)(CC)C(=O)N1CCOC. The first-order valence-electron chi connectivity index (χ1n) is 6.12. The highest BCUT2D eigenvalue weighted by atomic mass is 16.5. The summed E-state index contributed by atoms with van der Waals surface area (Å²) in [6.07, 6.45) is 1.22. The van der Waals surface area contributed by atoms with Crippen LogP contribution in [0.1, 0.15) is 33.6 Å². The molecule has 0 radical (unpaired) electrons. The van der Waals surface area contributed by atoms with Crippen molar-refractivity contribution >= 4 is 11.8 Å². The Balaban J connectivity index is 2.92. The van der Waals surface area contributed by atoms with Gasteiger partial charge >= 0.3 is 0 Å². The summed E-state index contributed by atoms with van der Waals surface area (Å²) in [4.78, 5) is 26.0. The Morgan fingerprint density at radius 2 is 2.06 bits per heavy atom. The lowest BCUT2D eigenvalue weighted by atomic mass is 9.91. The molecular weight excluding hydrogens is 220 g/mol. The monoisotopic (exact) mass is 242 g/mol. The van der Waals surface area contributed by atoms with Crippen LogP contribution in [-0.2, 0) is 14.3 Å². The van der Waals surface area contributed by atoms with E-state index in [0.29, 0.717) is 26.0 Å². The van der Waals surface area contributed by atoms with Gasteiger partial charge in [0.2, 0.25) is 11.8 Å². The van der Waals surface area contributed by atoms with E-state index < -0.39 is 5.54 Å². The number of amides is 2. The topological polar surface area (TPSA) is 58.6 Å². The lowest BCUT2D eigenvalue weighted by Crippen LogP contribution is -2.69. The van der Waals surface area contributed by atoms with Crippen LogP contribution >= 0.6 is 0 Å². The maximum Gasteiger partial charge on any atom is 0.248 e. The minimum Gasteiger partial charge on any atom is -0.383 e. The van der Waals surface area contributed by atoms with Crippen LogP contribution in [0.4, 0.5) is 0 Å². The number of hydrogen-bond acceptors (Lipinski definition) is 3. The van der Waals surface area contributed by atoms with Crippen LogP contribution in [-0.4, -0.2) is 48.6 Å². The Morgan fingerprint density at radius 3 is 2.53 bits per heavy atom. The second-order valence-electron chi connectivity index (χ2n) is 4.59. The fourth-order valence-corrected chi connectivity index (χ4v) is 2.10. The molecular formula is C12H22N2O3. The summed E-state index contributed by atoms with van der Waals surface area (Å²) < 4.78 is 5.00. The Hall–Kier alpha value is -1.10. The van der Waals surface area contributed by atoms with Crippen LogP contribution in [0.3, 0.4) is 0 Å². The van der Waals surface area contributed by atoms with Crippen molar-refractivity contribution in [3.63, 3.8) is 0 Å². The number of carbonyl (C=O) groups excluding carboxylic acids is 2. The normalized spacial score (nSPS) is 29.4. The Kier molecular flexibility index (Phi) is 4.51. The van der Waals surface area contributed by atoms with E-state index in [-0.39, 0.29) is 17.9 Å². The van der Waals surface area contributed by atoms with Gasteiger partial charge in [0, 0.05) is 13.7 Å². The molecule has 1 rings (SSSR count). The van der Waals surface area contributed by atoms with E-state index in [1.807, 2.05) is 13.8 Å². The second-order valence-corrected chi connectivity index (χ2v) is 4.59. The lowest BCUT2D eigenvalue weighted by Gasteiger charge is -2.43. The largest absolute Gasteiger partial charge is 0.383 e. The predicted octanol–water partition coefficient (Wildman–Crippen LogP) is 0.539. The molecule has 5 nitrogen and oxygen atoms in total. The Bertz CT molecular complexity index is 306. The van der Waals surface area contributed by atoms with E-state index in [9.17, 15) is 9.59 Å². The van der Waals surface area contributed by atoms with Crippen molar-refractivity contribution in [2.75, 3.05) is 20.3 Å². The minimum atomic E-state index is -0.767. The minimum absolute atomic E-state index is 0.0106. The van der Waals surface area contributed by atoms with Crippen molar-refractivity contribution in [1.29, 1.82) is 0 Å². The Morgan fingerprint density at radius 1 is 1.41 bits per heavy atom. The number of ether oxygens (including phenoxy) is 1. The average molecular weight is 242 g/mol. The van der Waals surface area contributed by atoms with Crippen LogP contribution in [0, 0.1) is 0 Å². The van der Waals surface area contributed by atoms with Gasteiger partial charge < -0.3 is 15.0 Å². The predicted molar refractivity (Wildman–Crippen MR) is 64.5 cm³/mol. The zero-order chi connectivity index (χ0) is 13.1. The Labute approximate surface area is 102 Å². The molecule has 1 heterocycles. The van der Waals surface area contributed by atoms with E-state index in [2.05, 4.69) is 5.32 Å². The summed E-state index contributed by atoms with van der Waals surface area (Å²) >= 11 is 0. The third kappa shape index (κ3) is 2.60. The molecule has 2 atom stereocenters. The number of carbonyl (C=O) groups is 2. The smallest absolute Gasteiger partial charge is 0.248 e. The lowest BCUT2D eigenvalue weighted by molar-refractivity contribution is -0.155. The summed E-state index contributed by atoms with van der Waals surface area (Å²) in [6, 6.07) is -0.364. The van der Waals surface area contributed by atoms with Crippen molar-refractivity contribution in [2.45, 2.75) is 45.2 Å². The molecule has 0 aliphatic carbocycles. The van der Waals surface area contributed by atoms with Crippen molar-refractivity contribution in [3.05, 3.63) is 0 Å². The van der Waals surface area contributed by atoms with E-state index in [0.717, 1.165) is 0 Å². The van der Waals surface area contributed by atoms with Gasteiger partial charge in [-0.1, -0.05) is 13.8 Å². The third-order valence-electron chi connectivity index (χ3n) is 3.44. The second kappa shape index (κ2) is 5.49. The molecule has 0 aromatic rings. The van der Waals surface area contributed by atoms with Gasteiger partial charge in [0.15, 0.2) is 0 Å². The number of piperazine rings is 1. The molecule has 1 fully saturated rings. The molecule has 5 heteroatoms. The quantitative estimate of drug-likeness (QED) is 0.765. The fourth-order valence-electron chi connectivity index (χ4n) is 2.10. The van der Waals surface area contributed by atoms with Gasteiger partial charge in [0.25, 0.3) is 0 Å². The van der Waals surface area contributed by atoms with Gasteiger partial charge in [-0.25, -0.2) is 0 Å². The first-order chi connectivity index (χ1) is 8.00. The molecule has 0 spiro atoms. The molecule has 2 amide bonds. The van der Waals surface area contributed by atoms with Crippen LogP contribution in [0.25, 0.3) is 0 Å². The number of nitrogens with zero attached hydrogens (tertiary/aromatic N) is 1. The molecule has 0 saturated carbocycles. The maximum absolute atomic E-state index is 12.4. The molecule has 98 valence electrons. The summed E-state index contributed by atoms with van der Waals surface area (Å²) in [7, 11) is 1.59. The average Bonchev–Trinajstić information content (AvgIpc) is 2.31. The molecule has 1 aliphatic heterocycles. The van der Waals surface area contributed by atoms with Crippen molar-refractivity contribution in [3.8, 4) is 0 Å². The van der Waals surface area contributed by atoms with Gasteiger partial charge in [-0.2, -0.15) is 0 Å². The number of rotatable bonds is 5. The van der Waals surface area contributed by atoms with Crippen LogP contribution in [0.2, 0.25) is 0 Å². The number of methoxy groups -OCH3 is 1. The standard InChI is InChI=1S/C12H22N2O3/c1-5-9-10(15)13-12(3,6-2)11(16)14(9)7-8-17-4/h9H,5-8H2,1-4H3,(H,13,15). The van der Waals surface area contributed by atoms with Crippen LogP contribution < -0.4 is 5.32 Å². The first-order valence-corrected chi connectivity index (χ1v) is 6.12. The van der Waals surface area contributed by atoms with Gasteiger partial charge in [-0.05, 0) is 19.8 Å². The van der Waals surface area contributed by atoms with Crippen LogP contribution in [0.15, 0.2) is 0 Å². The van der Waals surface area contributed by atoms with Gasteiger partial charge in [0.05, 0.1) is 6.61 Å². The molecule has 2 unspecified atom stereocenters. The molecule has 17 heavy (non-hydrogen) atoms. The maximum atomic E-state index is 12.4. The molecule has 1 N–H and O–H groups in total. The van der Waals surface area contributed by atoms with E-state index in [4.69, 9.17) is 4.74 Å². The van der Waals surface area contributed by atoms with Gasteiger partial charge in [-0.3, -0.25) is 9.59 Å². The first kappa shape index (κ1) is 14.0. The summed E-state index contributed by atoms with van der Waals surface area (Å²) in [5, 5.41) is 2.83. The zero-order valence-corrected chi connectivity index (χ0v) is 11.1. The highest BCUT2D eigenvalue weighted by Crippen LogP contribution is 2.22. The third-order valence-corrected chi connectivity index (χ3v) is 3.44. The number of hydrogen-bond donors (Lipinski definition) is 1. The van der Waals surface area contributed by atoms with E-state index in [1.165, 1.54) is 0 Å². The van der Waals surface area contributed by atoms with Crippen molar-refractivity contribution < 1.29 is 14.3 Å². The van der Waals surface area contributed by atoms with Gasteiger partial charge in [0.1, 0.15) is 11.6 Å². The van der Waals surface area contributed by atoms with Crippen molar-refractivity contribution in [1.82, 2.24) is 10.2 Å². The van der Waals surface area contributed by atoms with Crippen LogP contribution in [0.5, 0.6) is 0 Å².